The lowest BCUT2D eigenvalue weighted by Crippen LogP contribution is -2.27. The van der Waals surface area contributed by atoms with Crippen molar-refractivity contribution in [3.05, 3.63) is 70.6 Å². The molecule has 2 heterocycles. The molecule has 0 N–H and O–H groups in total. The number of carbonyl (C=O) groups is 1. The minimum Gasteiger partial charge on any atom is -0.337 e. The number of carbonyl (C=O) groups excluding carboxylic acids is 1. The minimum absolute atomic E-state index is 0.105. The summed E-state index contributed by atoms with van der Waals surface area (Å²) in [5.74, 6) is 1.01. The minimum atomic E-state index is -0.201. The Morgan fingerprint density at radius 3 is 2.73 bits per heavy atom. The maximum atomic E-state index is 12.4. The summed E-state index contributed by atoms with van der Waals surface area (Å²) >= 11 is 6.21. The number of nitrogens with zero attached hydrogens (tertiary/aromatic N) is 3. The average Bonchev–Trinajstić information content (AvgIpc) is 3.25. The molecule has 132 valence electrons. The fourth-order valence-corrected chi connectivity index (χ4v) is 3.42. The summed E-state index contributed by atoms with van der Waals surface area (Å²) in [7, 11) is 0. The van der Waals surface area contributed by atoms with Crippen LogP contribution < -0.4 is 0 Å². The molecule has 4 rings (SSSR count). The van der Waals surface area contributed by atoms with E-state index in [1.54, 1.807) is 6.07 Å². The third kappa shape index (κ3) is 3.22. The molecule has 0 saturated carbocycles. The second kappa shape index (κ2) is 6.92. The van der Waals surface area contributed by atoms with Crippen LogP contribution in [0.15, 0.2) is 53.1 Å². The Bertz CT molecular complexity index is 936. The Kier molecular flexibility index (Phi) is 4.47. The molecule has 1 aliphatic heterocycles. The molecule has 5 nitrogen and oxygen atoms in total. The number of aryl methyl sites for hydroxylation is 1. The van der Waals surface area contributed by atoms with E-state index < -0.39 is 0 Å². The number of likely N-dealkylation sites (tertiary alicyclic amines) is 1. The van der Waals surface area contributed by atoms with Gasteiger partial charge in [-0.1, -0.05) is 58.7 Å². The van der Waals surface area contributed by atoms with Crippen LogP contribution in [0, 0.1) is 6.92 Å². The molecule has 6 heteroatoms. The molecule has 1 atom stereocenters. The number of rotatable bonds is 4. The Hall–Kier alpha value is -2.66. The van der Waals surface area contributed by atoms with Crippen molar-refractivity contribution in [3.63, 3.8) is 0 Å². The number of amides is 1. The first-order valence-corrected chi connectivity index (χ1v) is 8.93. The van der Waals surface area contributed by atoms with Crippen molar-refractivity contribution in [2.45, 2.75) is 32.4 Å². The topological polar surface area (TPSA) is 59.2 Å². The molecule has 1 unspecified atom stereocenters. The maximum Gasteiger partial charge on any atom is 0.249 e. The van der Waals surface area contributed by atoms with Crippen LogP contribution in [-0.2, 0) is 11.3 Å². The summed E-state index contributed by atoms with van der Waals surface area (Å²) in [6, 6.07) is 15.3. The van der Waals surface area contributed by atoms with E-state index in [0.717, 1.165) is 11.1 Å². The average molecular weight is 368 g/mol. The lowest BCUT2D eigenvalue weighted by Gasteiger charge is -2.22. The van der Waals surface area contributed by atoms with E-state index in [0.29, 0.717) is 36.1 Å². The van der Waals surface area contributed by atoms with Gasteiger partial charge in [0.15, 0.2) is 0 Å². The highest BCUT2D eigenvalue weighted by atomic mass is 35.5. The quantitative estimate of drug-likeness (QED) is 0.678. The van der Waals surface area contributed by atoms with Gasteiger partial charge in [-0.05, 0) is 31.0 Å². The van der Waals surface area contributed by atoms with E-state index in [4.69, 9.17) is 16.1 Å². The highest BCUT2D eigenvalue weighted by Crippen LogP contribution is 2.35. The van der Waals surface area contributed by atoms with Crippen LogP contribution in [0.4, 0.5) is 0 Å². The van der Waals surface area contributed by atoms with E-state index in [1.807, 2.05) is 54.3 Å². The summed E-state index contributed by atoms with van der Waals surface area (Å²) in [6.45, 7) is 2.58. The fraction of sp³-hybridized carbons (Fsp3) is 0.250. The largest absolute Gasteiger partial charge is 0.337 e. The summed E-state index contributed by atoms with van der Waals surface area (Å²) in [4.78, 5) is 18.7. The Labute approximate surface area is 156 Å². The third-order valence-electron chi connectivity index (χ3n) is 4.64. The number of benzene rings is 2. The molecule has 2 aromatic carbocycles. The van der Waals surface area contributed by atoms with Crippen molar-refractivity contribution in [1.29, 1.82) is 0 Å². The Balaban J connectivity index is 1.59. The van der Waals surface area contributed by atoms with Gasteiger partial charge in [-0.15, -0.1) is 0 Å². The summed E-state index contributed by atoms with van der Waals surface area (Å²) in [6.07, 6.45) is 1.16. The second-order valence-electron chi connectivity index (χ2n) is 6.50. The monoisotopic (exact) mass is 367 g/mol. The van der Waals surface area contributed by atoms with Gasteiger partial charge in [0.1, 0.15) is 6.04 Å². The molecule has 1 aliphatic rings. The molecule has 3 aromatic rings. The molecule has 26 heavy (non-hydrogen) atoms. The van der Waals surface area contributed by atoms with Crippen LogP contribution in [0.2, 0.25) is 5.02 Å². The first kappa shape index (κ1) is 16.8. The fourth-order valence-electron chi connectivity index (χ4n) is 3.20. The van der Waals surface area contributed by atoms with Crippen LogP contribution in [0.25, 0.3) is 11.4 Å². The van der Waals surface area contributed by atoms with Gasteiger partial charge in [0.05, 0.1) is 5.02 Å². The van der Waals surface area contributed by atoms with Crippen molar-refractivity contribution in [2.24, 2.45) is 0 Å². The van der Waals surface area contributed by atoms with Gasteiger partial charge in [0.2, 0.25) is 17.6 Å². The molecular formula is C20H18ClN3O2. The molecule has 0 bridgehead atoms. The standard InChI is InChI=1S/C20H18ClN3O2/c1-13-6-8-14(9-7-13)12-24-17(10-11-18(24)25)20-22-19(23-26-20)15-4-2-3-5-16(15)21/h2-9,17H,10-12H2,1H3. The van der Waals surface area contributed by atoms with Crippen LogP contribution >= 0.6 is 11.6 Å². The zero-order chi connectivity index (χ0) is 18.1. The molecule has 0 aliphatic carbocycles. The van der Waals surface area contributed by atoms with Crippen molar-refractivity contribution in [1.82, 2.24) is 15.0 Å². The molecule has 1 fully saturated rings. The summed E-state index contributed by atoms with van der Waals surface area (Å²) < 4.78 is 5.48. The van der Waals surface area contributed by atoms with Gasteiger partial charge in [0.25, 0.3) is 0 Å². The predicted molar refractivity (Wildman–Crippen MR) is 98.4 cm³/mol. The van der Waals surface area contributed by atoms with Crippen LogP contribution in [0.3, 0.4) is 0 Å². The van der Waals surface area contributed by atoms with Crippen molar-refractivity contribution < 1.29 is 9.32 Å². The SMILES string of the molecule is Cc1ccc(CN2C(=O)CCC2c2nc(-c3ccccc3Cl)no2)cc1. The van der Waals surface area contributed by atoms with E-state index >= 15 is 0 Å². The van der Waals surface area contributed by atoms with Crippen LogP contribution in [0.1, 0.15) is 35.9 Å². The van der Waals surface area contributed by atoms with E-state index in [2.05, 4.69) is 10.1 Å². The van der Waals surface area contributed by atoms with E-state index in [-0.39, 0.29) is 11.9 Å². The highest BCUT2D eigenvalue weighted by molar-refractivity contribution is 6.33. The highest BCUT2D eigenvalue weighted by Gasteiger charge is 2.36. The molecule has 1 aromatic heterocycles. The second-order valence-corrected chi connectivity index (χ2v) is 6.90. The molecule has 0 radical (unpaired) electrons. The van der Waals surface area contributed by atoms with E-state index in [9.17, 15) is 4.79 Å². The Morgan fingerprint density at radius 1 is 1.19 bits per heavy atom. The summed E-state index contributed by atoms with van der Waals surface area (Å²) in [5, 5.41) is 4.63. The molecule has 1 saturated heterocycles. The van der Waals surface area contributed by atoms with E-state index in [1.165, 1.54) is 5.56 Å². The normalized spacial score (nSPS) is 17.1. The first-order valence-electron chi connectivity index (χ1n) is 8.55. The van der Waals surface area contributed by atoms with Gasteiger partial charge in [-0.3, -0.25) is 4.79 Å². The number of aromatic nitrogens is 2. The predicted octanol–water partition coefficient (Wildman–Crippen LogP) is 4.56. The van der Waals surface area contributed by atoms with Crippen molar-refractivity contribution >= 4 is 17.5 Å². The summed E-state index contributed by atoms with van der Waals surface area (Å²) in [5.41, 5.74) is 3.00. The zero-order valence-corrected chi connectivity index (χ0v) is 15.1. The molecular weight excluding hydrogens is 350 g/mol. The first-order chi connectivity index (χ1) is 12.6. The zero-order valence-electron chi connectivity index (χ0n) is 14.4. The van der Waals surface area contributed by atoms with Gasteiger partial charge in [-0.25, -0.2) is 0 Å². The lowest BCUT2D eigenvalue weighted by molar-refractivity contribution is -0.129. The van der Waals surface area contributed by atoms with Crippen LogP contribution in [0.5, 0.6) is 0 Å². The number of hydrogen-bond donors (Lipinski definition) is 0. The Morgan fingerprint density at radius 2 is 1.96 bits per heavy atom. The smallest absolute Gasteiger partial charge is 0.249 e. The number of halogens is 1. The van der Waals surface area contributed by atoms with Gasteiger partial charge in [0, 0.05) is 18.5 Å². The van der Waals surface area contributed by atoms with Crippen molar-refractivity contribution in [2.75, 3.05) is 0 Å². The van der Waals surface area contributed by atoms with Crippen molar-refractivity contribution in [3.8, 4) is 11.4 Å². The van der Waals surface area contributed by atoms with Gasteiger partial charge in [-0.2, -0.15) is 4.98 Å². The third-order valence-corrected chi connectivity index (χ3v) is 4.97. The maximum absolute atomic E-state index is 12.4. The number of hydrogen-bond acceptors (Lipinski definition) is 4. The lowest BCUT2D eigenvalue weighted by atomic mass is 10.1. The molecule has 1 amide bonds. The van der Waals surface area contributed by atoms with Gasteiger partial charge < -0.3 is 9.42 Å². The molecule has 0 spiro atoms. The van der Waals surface area contributed by atoms with Gasteiger partial charge >= 0.3 is 0 Å². The van der Waals surface area contributed by atoms with Crippen LogP contribution in [-0.4, -0.2) is 20.9 Å².